The van der Waals surface area contributed by atoms with Crippen molar-refractivity contribution in [2.45, 2.75) is 13.0 Å². The van der Waals surface area contributed by atoms with Crippen molar-refractivity contribution in [2.24, 2.45) is 0 Å². The first-order valence-electron chi connectivity index (χ1n) is 6.44. The number of benzene rings is 1. The lowest BCUT2D eigenvalue weighted by atomic mass is 10.1. The molecule has 6 heteroatoms. The number of carbonyl (C=O) groups excluding carboxylic acids is 2. The molecule has 0 saturated heterocycles. The molecule has 2 amide bonds. The summed E-state index contributed by atoms with van der Waals surface area (Å²) in [6.45, 7) is 2.50. The summed E-state index contributed by atoms with van der Waals surface area (Å²) in [5.74, 6) is -0.526. The highest BCUT2D eigenvalue weighted by Gasteiger charge is 2.17. The minimum absolute atomic E-state index is 0.239. The average Bonchev–Trinajstić information content (AvgIpc) is 2.47. The maximum Gasteiger partial charge on any atom is 0.254 e. The van der Waals surface area contributed by atoms with Crippen LogP contribution in [0, 0.1) is 0 Å². The summed E-state index contributed by atoms with van der Waals surface area (Å²) in [6, 6.07) is 6.52. The van der Waals surface area contributed by atoms with E-state index in [1.165, 1.54) is 0 Å². The molecule has 1 unspecified atom stereocenters. The number of rotatable bonds is 7. The molecule has 0 bridgehead atoms. The highest BCUT2D eigenvalue weighted by Crippen LogP contribution is 2.13. The zero-order valence-corrected chi connectivity index (χ0v) is 12.0. The monoisotopic (exact) mass is 279 g/mol. The average molecular weight is 279 g/mol. The molecule has 0 heterocycles. The lowest BCUT2D eigenvalue weighted by Gasteiger charge is -2.15. The largest absolute Gasteiger partial charge is 0.387 e. The third kappa shape index (κ3) is 4.55. The van der Waals surface area contributed by atoms with Crippen LogP contribution in [-0.4, -0.2) is 45.2 Å². The zero-order chi connectivity index (χ0) is 15.0. The van der Waals surface area contributed by atoms with Crippen molar-refractivity contribution in [3.63, 3.8) is 0 Å². The van der Waals surface area contributed by atoms with E-state index < -0.39 is 6.04 Å². The van der Waals surface area contributed by atoms with Gasteiger partial charge in [0.1, 0.15) is 6.04 Å². The van der Waals surface area contributed by atoms with E-state index >= 15 is 0 Å². The van der Waals surface area contributed by atoms with Gasteiger partial charge in [0.15, 0.2) is 0 Å². The molecule has 20 heavy (non-hydrogen) atoms. The molecule has 3 N–H and O–H groups in total. The van der Waals surface area contributed by atoms with E-state index in [1.807, 2.05) is 6.07 Å². The number of hydrogen-bond donors (Lipinski definition) is 3. The van der Waals surface area contributed by atoms with E-state index in [2.05, 4.69) is 16.0 Å². The van der Waals surface area contributed by atoms with Crippen molar-refractivity contribution in [1.82, 2.24) is 10.6 Å². The Hall–Kier alpha value is -2.08. The quantitative estimate of drug-likeness (QED) is 0.639. The van der Waals surface area contributed by atoms with Crippen LogP contribution < -0.4 is 16.0 Å². The van der Waals surface area contributed by atoms with Crippen molar-refractivity contribution >= 4 is 17.5 Å². The third-order valence-electron chi connectivity index (χ3n) is 2.79. The van der Waals surface area contributed by atoms with Crippen LogP contribution >= 0.6 is 0 Å². The first kappa shape index (κ1) is 16.0. The molecular formula is C14H21N3O3. The predicted octanol–water partition coefficient (Wildman–Crippen LogP) is 0.609. The van der Waals surface area contributed by atoms with Gasteiger partial charge < -0.3 is 20.7 Å². The van der Waals surface area contributed by atoms with Crippen molar-refractivity contribution in [3.8, 4) is 0 Å². The Balaban J connectivity index is 2.59. The maximum absolute atomic E-state index is 12.1. The van der Waals surface area contributed by atoms with Crippen LogP contribution in [0.1, 0.15) is 17.3 Å². The van der Waals surface area contributed by atoms with Gasteiger partial charge in [-0.05, 0) is 19.1 Å². The molecule has 6 nitrogen and oxygen atoms in total. The van der Waals surface area contributed by atoms with E-state index in [0.717, 1.165) is 5.69 Å². The van der Waals surface area contributed by atoms with Gasteiger partial charge in [0.25, 0.3) is 5.91 Å². The molecular weight excluding hydrogens is 258 g/mol. The molecule has 1 rings (SSSR count). The fourth-order valence-electron chi connectivity index (χ4n) is 1.67. The van der Waals surface area contributed by atoms with Crippen LogP contribution in [-0.2, 0) is 9.53 Å². The van der Waals surface area contributed by atoms with Crippen molar-refractivity contribution in [3.05, 3.63) is 29.8 Å². The normalized spacial score (nSPS) is 11.6. The number of carbonyl (C=O) groups is 2. The molecule has 0 radical (unpaired) electrons. The summed E-state index contributed by atoms with van der Waals surface area (Å²) in [4.78, 5) is 23.9. The highest BCUT2D eigenvalue weighted by atomic mass is 16.5. The molecule has 0 aromatic heterocycles. The number of ether oxygens (including phenoxy) is 1. The lowest BCUT2D eigenvalue weighted by Crippen LogP contribution is -2.45. The minimum Gasteiger partial charge on any atom is -0.387 e. The van der Waals surface area contributed by atoms with E-state index in [4.69, 9.17) is 4.74 Å². The lowest BCUT2D eigenvalue weighted by molar-refractivity contribution is -0.122. The van der Waals surface area contributed by atoms with Gasteiger partial charge in [0, 0.05) is 26.4 Å². The van der Waals surface area contributed by atoms with Gasteiger partial charge in [0.05, 0.1) is 12.2 Å². The standard InChI is InChI=1S/C14H21N3O3/c1-10(13(18)16-8-9-20-3)17-14(19)11-6-4-5-7-12(11)15-2/h4-7,10,15H,8-9H2,1-3H3,(H,16,18)(H,17,19). The van der Waals surface area contributed by atoms with Gasteiger partial charge in [-0.2, -0.15) is 0 Å². The molecule has 0 saturated carbocycles. The Morgan fingerprint density at radius 3 is 2.65 bits per heavy atom. The maximum atomic E-state index is 12.1. The number of hydrogen-bond acceptors (Lipinski definition) is 4. The molecule has 110 valence electrons. The second-order valence-electron chi connectivity index (χ2n) is 4.27. The first-order valence-corrected chi connectivity index (χ1v) is 6.44. The SMILES string of the molecule is CNc1ccccc1C(=O)NC(C)C(=O)NCCOC. The summed E-state index contributed by atoms with van der Waals surface area (Å²) >= 11 is 0. The Kier molecular flexibility index (Phi) is 6.52. The second-order valence-corrected chi connectivity index (χ2v) is 4.27. The summed E-state index contributed by atoms with van der Waals surface area (Å²) in [5.41, 5.74) is 1.23. The van der Waals surface area contributed by atoms with Crippen molar-refractivity contribution in [1.29, 1.82) is 0 Å². The summed E-state index contributed by atoms with van der Waals surface area (Å²) in [5, 5.41) is 8.28. The number of methoxy groups -OCH3 is 1. The Bertz CT molecular complexity index is 463. The van der Waals surface area contributed by atoms with E-state index in [-0.39, 0.29) is 11.8 Å². The molecule has 0 spiro atoms. The van der Waals surface area contributed by atoms with Crippen LogP contribution in [0.3, 0.4) is 0 Å². The van der Waals surface area contributed by atoms with E-state index in [9.17, 15) is 9.59 Å². The molecule has 1 aromatic carbocycles. The second kappa shape index (κ2) is 8.16. The fourth-order valence-corrected chi connectivity index (χ4v) is 1.67. The minimum atomic E-state index is -0.607. The first-order chi connectivity index (χ1) is 9.60. The van der Waals surface area contributed by atoms with Gasteiger partial charge in [-0.1, -0.05) is 12.1 Å². The molecule has 0 aliphatic rings. The van der Waals surface area contributed by atoms with Crippen LogP contribution in [0.25, 0.3) is 0 Å². The van der Waals surface area contributed by atoms with Gasteiger partial charge >= 0.3 is 0 Å². The summed E-state index contributed by atoms with van der Waals surface area (Å²) < 4.78 is 4.84. The van der Waals surface area contributed by atoms with Crippen LogP contribution in [0.5, 0.6) is 0 Å². The zero-order valence-electron chi connectivity index (χ0n) is 12.0. The Morgan fingerprint density at radius 1 is 1.30 bits per heavy atom. The predicted molar refractivity (Wildman–Crippen MR) is 77.8 cm³/mol. The number of anilines is 1. The van der Waals surface area contributed by atoms with Crippen LogP contribution in [0.2, 0.25) is 0 Å². The molecule has 0 fully saturated rings. The van der Waals surface area contributed by atoms with Crippen LogP contribution in [0.15, 0.2) is 24.3 Å². The van der Waals surface area contributed by atoms with E-state index in [0.29, 0.717) is 18.7 Å². The molecule has 0 aliphatic carbocycles. The van der Waals surface area contributed by atoms with E-state index in [1.54, 1.807) is 39.3 Å². The third-order valence-corrected chi connectivity index (χ3v) is 2.79. The van der Waals surface area contributed by atoms with Crippen molar-refractivity contribution in [2.75, 3.05) is 32.6 Å². The number of amides is 2. The molecule has 0 aliphatic heterocycles. The van der Waals surface area contributed by atoms with Gasteiger partial charge in [-0.3, -0.25) is 9.59 Å². The molecule has 1 atom stereocenters. The van der Waals surface area contributed by atoms with Gasteiger partial charge in [-0.25, -0.2) is 0 Å². The summed E-state index contributed by atoms with van der Waals surface area (Å²) in [6.07, 6.45) is 0. The van der Waals surface area contributed by atoms with Crippen molar-refractivity contribution < 1.29 is 14.3 Å². The smallest absolute Gasteiger partial charge is 0.254 e. The number of nitrogens with one attached hydrogen (secondary N) is 3. The summed E-state index contributed by atoms with van der Waals surface area (Å²) in [7, 11) is 3.30. The number of para-hydroxylation sites is 1. The fraction of sp³-hybridized carbons (Fsp3) is 0.429. The highest BCUT2D eigenvalue weighted by molar-refractivity contribution is 6.01. The topological polar surface area (TPSA) is 79.5 Å². The van der Waals surface area contributed by atoms with Gasteiger partial charge in [-0.15, -0.1) is 0 Å². The van der Waals surface area contributed by atoms with Crippen LogP contribution in [0.4, 0.5) is 5.69 Å². The molecule has 1 aromatic rings. The Morgan fingerprint density at radius 2 is 2.00 bits per heavy atom. The van der Waals surface area contributed by atoms with Gasteiger partial charge in [0.2, 0.25) is 5.91 Å². The Labute approximate surface area is 118 Å².